The molecular weight excluding hydrogens is 417 g/mol. The van der Waals surface area contributed by atoms with Crippen molar-refractivity contribution in [3.63, 3.8) is 0 Å². The first-order valence-electron chi connectivity index (χ1n) is 5.07. The van der Waals surface area contributed by atoms with E-state index in [1.807, 2.05) is 0 Å². The van der Waals surface area contributed by atoms with Crippen molar-refractivity contribution < 1.29 is 13.9 Å². The van der Waals surface area contributed by atoms with Crippen molar-refractivity contribution in [3.05, 3.63) is 67.2 Å². The summed E-state index contributed by atoms with van der Waals surface area (Å²) in [5, 5.41) is 10.1. The highest BCUT2D eigenvalue weighted by Gasteiger charge is 2.21. The van der Waals surface area contributed by atoms with Crippen LogP contribution in [0, 0.1) is 15.2 Å². The first-order valence-corrected chi connectivity index (χ1v) is 6.95. The van der Waals surface area contributed by atoms with Crippen LogP contribution in [0.15, 0.2) is 40.9 Å². The summed E-state index contributed by atoms with van der Waals surface area (Å²) in [7, 11) is 0. The maximum atomic E-state index is 13.8. The smallest absolute Gasteiger partial charge is 0.146 e. The Morgan fingerprint density at radius 2 is 1.67 bits per heavy atom. The Kier molecular flexibility index (Phi) is 4.34. The Labute approximate surface area is 125 Å². The Bertz CT molecular complexity index is 572. The van der Waals surface area contributed by atoms with E-state index in [0.717, 1.165) is 9.64 Å². The third-order valence-corrected chi connectivity index (χ3v) is 3.87. The van der Waals surface area contributed by atoms with Crippen LogP contribution in [0.4, 0.5) is 8.78 Å². The van der Waals surface area contributed by atoms with Crippen molar-refractivity contribution in [2.45, 2.75) is 6.10 Å². The van der Waals surface area contributed by atoms with E-state index in [1.165, 1.54) is 6.07 Å². The van der Waals surface area contributed by atoms with Gasteiger partial charge in [-0.05, 0) is 68.3 Å². The average Bonchev–Trinajstić information content (AvgIpc) is 2.35. The number of hydrogen-bond acceptors (Lipinski definition) is 1. The lowest BCUT2D eigenvalue weighted by molar-refractivity contribution is 0.209. The molecule has 0 heterocycles. The number of aliphatic hydroxyl groups excluding tert-OH is 1. The van der Waals surface area contributed by atoms with E-state index < -0.39 is 17.7 Å². The number of hydrogen-bond donors (Lipinski definition) is 1. The molecule has 0 aromatic heterocycles. The number of halogens is 4. The molecule has 1 N–H and O–H groups in total. The molecule has 0 radical (unpaired) electrons. The SMILES string of the molecule is OC(c1ccc(I)cc1)c1c(F)ccc(Br)c1F. The van der Waals surface area contributed by atoms with Crippen molar-refractivity contribution in [2.75, 3.05) is 0 Å². The number of aliphatic hydroxyl groups is 1. The van der Waals surface area contributed by atoms with Crippen molar-refractivity contribution in [1.82, 2.24) is 0 Å². The zero-order valence-electron chi connectivity index (χ0n) is 9.00. The minimum Gasteiger partial charge on any atom is -0.383 e. The van der Waals surface area contributed by atoms with Crippen LogP contribution in [-0.4, -0.2) is 5.11 Å². The van der Waals surface area contributed by atoms with E-state index in [2.05, 4.69) is 38.5 Å². The van der Waals surface area contributed by atoms with Crippen molar-refractivity contribution in [1.29, 1.82) is 0 Å². The van der Waals surface area contributed by atoms with Gasteiger partial charge in [-0.25, -0.2) is 8.78 Å². The summed E-state index contributed by atoms with van der Waals surface area (Å²) >= 11 is 5.09. The molecule has 2 aromatic rings. The highest BCUT2D eigenvalue weighted by molar-refractivity contribution is 14.1. The molecule has 0 bridgehead atoms. The molecule has 0 saturated carbocycles. The molecule has 1 nitrogen and oxygen atoms in total. The van der Waals surface area contributed by atoms with Crippen molar-refractivity contribution >= 4 is 38.5 Å². The zero-order chi connectivity index (χ0) is 13.3. The molecule has 0 fully saturated rings. The monoisotopic (exact) mass is 424 g/mol. The van der Waals surface area contributed by atoms with Gasteiger partial charge in [-0.3, -0.25) is 0 Å². The zero-order valence-corrected chi connectivity index (χ0v) is 12.7. The van der Waals surface area contributed by atoms with E-state index in [-0.39, 0.29) is 10.0 Å². The largest absolute Gasteiger partial charge is 0.383 e. The van der Waals surface area contributed by atoms with Gasteiger partial charge in [0.2, 0.25) is 0 Å². The fourth-order valence-electron chi connectivity index (χ4n) is 1.61. The van der Waals surface area contributed by atoms with Crippen LogP contribution in [0.3, 0.4) is 0 Å². The molecule has 0 amide bonds. The normalized spacial score (nSPS) is 12.5. The van der Waals surface area contributed by atoms with E-state index in [9.17, 15) is 13.9 Å². The quantitative estimate of drug-likeness (QED) is 0.559. The third-order valence-electron chi connectivity index (χ3n) is 2.54. The van der Waals surface area contributed by atoms with Gasteiger partial charge in [-0.15, -0.1) is 0 Å². The molecule has 2 rings (SSSR count). The molecule has 0 saturated heterocycles. The Balaban J connectivity index is 2.49. The highest BCUT2D eigenvalue weighted by Crippen LogP contribution is 2.30. The summed E-state index contributed by atoms with van der Waals surface area (Å²) in [6.45, 7) is 0. The molecule has 0 aliphatic rings. The summed E-state index contributed by atoms with van der Waals surface area (Å²) in [5.74, 6) is -1.54. The molecule has 94 valence electrons. The maximum absolute atomic E-state index is 13.8. The van der Waals surface area contributed by atoms with E-state index in [4.69, 9.17) is 0 Å². The fraction of sp³-hybridized carbons (Fsp3) is 0.0769. The second-order valence-corrected chi connectivity index (χ2v) is 5.81. The Hall–Kier alpha value is -0.530. The van der Waals surface area contributed by atoms with Crippen LogP contribution in [0.25, 0.3) is 0 Å². The fourth-order valence-corrected chi connectivity index (χ4v) is 2.31. The minimum atomic E-state index is -1.32. The van der Waals surface area contributed by atoms with Crippen LogP contribution in [0.2, 0.25) is 0 Å². The average molecular weight is 425 g/mol. The topological polar surface area (TPSA) is 20.2 Å². The van der Waals surface area contributed by atoms with Gasteiger partial charge in [0.25, 0.3) is 0 Å². The first kappa shape index (κ1) is 13.9. The molecule has 1 unspecified atom stereocenters. The van der Waals surface area contributed by atoms with Gasteiger partial charge in [-0.2, -0.15) is 0 Å². The summed E-state index contributed by atoms with van der Waals surface area (Å²) < 4.78 is 28.6. The van der Waals surface area contributed by atoms with Gasteiger partial charge >= 0.3 is 0 Å². The number of benzene rings is 2. The molecule has 1 atom stereocenters. The summed E-state index contributed by atoms with van der Waals surface area (Å²) in [6, 6.07) is 9.23. The Morgan fingerprint density at radius 3 is 2.28 bits per heavy atom. The van der Waals surface area contributed by atoms with Crippen molar-refractivity contribution in [3.8, 4) is 0 Å². The van der Waals surface area contributed by atoms with E-state index in [1.54, 1.807) is 24.3 Å². The van der Waals surface area contributed by atoms with Crippen LogP contribution < -0.4 is 0 Å². The lowest BCUT2D eigenvalue weighted by Gasteiger charge is -2.14. The summed E-state index contributed by atoms with van der Waals surface area (Å²) in [5.41, 5.74) is 0.108. The van der Waals surface area contributed by atoms with E-state index in [0.29, 0.717) is 5.56 Å². The molecule has 2 aromatic carbocycles. The minimum absolute atomic E-state index is 0.128. The molecule has 0 spiro atoms. The standard InChI is InChI=1S/C13H8BrF2IO/c14-9-5-6-10(15)11(12(9)16)13(18)7-1-3-8(17)4-2-7/h1-6,13,18H. The van der Waals surface area contributed by atoms with Gasteiger partial charge < -0.3 is 5.11 Å². The van der Waals surface area contributed by atoms with Crippen LogP contribution >= 0.6 is 38.5 Å². The Morgan fingerprint density at radius 1 is 1.06 bits per heavy atom. The molecular formula is C13H8BrF2IO. The van der Waals surface area contributed by atoms with Crippen molar-refractivity contribution in [2.24, 2.45) is 0 Å². The predicted molar refractivity (Wildman–Crippen MR) is 77.3 cm³/mol. The highest BCUT2D eigenvalue weighted by atomic mass is 127. The summed E-state index contributed by atoms with van der Waals surface area (Å²) in [4.78, 5) is 0. The lowest BCUT2D eigenvalue weighted by Crippen LogP contribution is -2.06. The van der Waals surface area contributed by atoms with Crippen LogP contribution in [-0.2, 0) is 0 Å². The van der Waals surface area contributed by atoms with Gasteiger partial charge in [0.1, 0.15) is 17.7 Å². The molecule has 5 heteroatoms. The van der Waals surface area contributed by atoms with Gasteiger partial charge in [0, 0.05) is 3.57 Å². The van der Waals surface area contributed by atoms with Gasteiger partial charge in [-0.1, -0.05) is 12.1 Å². The second kappa shape index (κ2) is 5.63. The first-order chi connectivity index (χ1) is 8.50. The maximum Gasteiger partial charge on any atom is 0.146 e. The van der Waals surface area contributed by atoms with E-state index >= 15 is 0 Å². The third kappa shape index (κ3) is 2.73. The number of rotatable bonds is 2. The van der Waals surface area contributed by atoms with Gasteiger partial charge in [0.05, 0.1) is 10.0 Å². The molecule has 0 aliphatic heterocycles. The van der Waals surface area contributed by atoms with Gasteiger partial charge in [0.15, 0.2) is 0 Å². The predicted octanol–water partition coefficient (Wildman–Crippen LogP) is 4.41. The van der Waals surface area contributed by atoms with Crippen LogP contribution in [0.5, 0.6) is 0 Å². The lowest BCUT2D eigenvalue weighted by atomic mass is 10.0. The molecule has 18 heavy (non-hydrogen) atoms. The second-order valence-electron chi connectivity index (χ2n) is 3.71. The molecule has 0 aliphatic carbocycles. The van der Waals surface area contributed by atoms with Crippen LogP contribution in [0.1, 0.15) is 17.2 Å². The summed E-state index contributed by atoms with van der Waals surface area (Å²) in [6.07, 6.45) is -1.32.